The van der Waals surface area contributed by atoms with Gasteiger partial charge in [0.1, 0.15) is 11.5 Å². The van der Waals surface area contributed by atoms with Gasteiger partial charge in [-0.25, -0.2) is 0 Å². The minimum atomic E-state index is 0.487. The van der Waals surface area contributed by atoms with Gasteiger partial charge in [-0.2, -0.15) is 0 Å². The Labute approximate surface area is 118 Å². The molecule has 2 rings (SSSR count). The molecule has 0 N–H and O–H groups in total. The lowest BCUT2D eigenvalue weighted by Gasteiger charge is -2.09. The number of halogens is 3. The van der Waals surface area contributed by atoms with Gasteiger partial charge in [-0.3, -0.25) is 0 Å². The Bertz CT molecular complexity index is 529. The molecule has 0 fully saturated rings. The zero-order chi connectivity index (χ0) is 12.3. The average molecular weight is 332 g/mol. The smallest absolute Gasteiger partial charge is 0.131 e. The third-order valence-electron chi connectivity index (χ3n) is 2.24. The van der Waals surface area contributed by atoms with E-state index >= 15 is 0 Å². The monoisotopic (exact) mass is 330 g/mol. The van der Waals surface area contributed by atoms with Crippen LogP contribution in [0.25, 0.3) is 0 Å². The lowest BCUT2D eigenvalue weighted by Crippen LogP contribution is -1.89. The van der Waals surface area contributed by atoms with Crippen molar-refractivity contribution in [2.24, 2.45) is 0 Å². The first-order chi connectivity index (χ1) is 8.20. The molecule has 0 radical (unpaired) electrons. The van der Waals surface area contributed by atoms with Crippen molar-refractivity contribution in [1.29, 1.82) is 0 Å². The van der Waals surface area contributed by atoms with E-state index in [1.54, 1.807) is 18.2 Å². The summed E-state index contributed by atoms with van der Waals surface area (Å²) in [5.41, 5.74) is 1.08. The lowest BCUT2D eigenvalue weighted by atomic mass is 10.2. The molecule has 0 unspecified atom stereocenters. The van der Waals surface area contributed by atoms with Gasteiger partial charge in [0.15, 0.2) is 0 Å². The van der Waals surface area contributed by atoms with Gasteiger partial charge in [0.25, 0.3) is 0 Å². The van der Waals surface area contributed by atoms with Gasteiger partial charge in [0, 0.05) is 17.0 Å². The second-order valence-electron chi connectivity index (χ2n) is 3.42. The molecule has 0 amide bonds. The molecular formula is C13H9BrCl2O. The molecule has 0 aliphatic rings. The molecule has 0 saturated heterocycles. The van der Waals surface area contributed by atoms with Gasteiger partial charge in [-0.15, -0.1) is 0 Å². The highest BCUT2D eigenvalue weighted by Crippen LogP contribution is 2.31. The van der Waals surface area contributed by atoms with E-state index in [9.17, 15) is 0 Å². The number of para-hydroxylation sites is 1. The minimum absolute atomic E-state index is 0.487. The number of benzene rings is 2. The fourth-order valence-corrected chi connectivity index (χ4v) is 2.13. The molecule has 2 aromatic rings. The fourth-order valence-electron chi connectivity index (χ4n) is 1.38. The Balaban J connectivity index is 2.28. The Kier molecular flexibility index (Phi) is 4.32. The van der Waals surface area contributed by atoms with Crippen molar-refractivity contribution in [2.75, 3.05) is 0 Å². The zero-order valence-corrected chi connectivity index (χ0v) is 11.9. The molecule has 0 heterocycles. The minimum Gasteiger partial charge on any atom is -0.457 e. The van der Waals surface area contributed by atoms with Gasteiger partial charge < -0.3 is 4.74 Å². The van der Waals surface area contributed by atoms with Crippen LogP contribution in [0.4, 0.5) is 0 Å². The van der Waals surface area contributed by atoms with Crippen molar-refractivity contribution in [3.8, 4) is 11.5 Å². The molecule has 88 valence electrons. The highest BCUT2D eigenvalue weighted by Gasteiger charge is 2.05. The van der Waals surface area contributed by atoms with E-state index < -0.39 is 0 Å². The van der Waals surface area contributed by atoms with Crippen LogP contribution in [0.15, 0.2) is 42.5 Å². The number of hydrogen-bond donors (Lipinski definition) is 0. The van der Waals surface area contributed by atoms with Crippen molar-refractivity contribution in [1.82, 2.24) is 0 Å². The molecule has 0 aliphatic carbocycles. The topological polar surface area (TPSA) is 9.23 Å². The molecular weight excluding hydrogens is 323 g/mol. The van der Waals surface area contributed by atoms with Crippen molar-refractivity contribution in [3.63, 3.8) is 0 Å². The molecule has 0 saturated carbocycles. The maximum atomic E-state index is 5.93. The SMILES string of the molecule is Clc1ccc(Oc2ccccc2CBr)cc1Cl. The summed E-state index contributed by atoms with van der Waals surface area (Å²) in [7, 11) is 0. The maximum absolute atomic E-state index is 5.93. The Morgan fingerprint density at radius 3 is 2.47 bits per heavy atom. The van der Waals surface area contributed by atoms with E-state index in [-0.39, 0.29) is 0 Å². The molecule has 4 heteroatoms. The summed E-state index contributed by atoms with van der Waals surface area (Å²) in [5.74, 6) is 1.48. The normalized spacial score (nSPS) is 10.3. The third kappa shape index (κ3) is 3.15. The first kappa shape index (κ1) is 12.7. The summed E-state index contributed by atoms with van der Waals surface area (Å²) in [5, 5.41) is 1.75. The second-order valence-corrected chi connectivity index (χ2v) is 4.79. The Hall–Kier alpha value is -0.700. The van der Waals surface area contributed by atoms with E-state index in [1.807, 2.05) is 24.3 Å². The molecule has 2 aromatic carbocycles. The number of rotatable bonds is 3. The van der Waals surface area contributed by atoms with Crippen molar-refractivity contribution < 1.29 is 4.74 Å². The first-order valence-electron chi connectivity index (χ1n) is 4.97. The van der Waals surface area contributed by atoms with Gasteiger partial charge in [-0.1, -0.05) is 57.3 Å². The Morgan fingerprint density at radius 2 is 1.76 bits per heavy atom. The summed E-state index contributed by atoms with van der Waals surface area (Å²) in [6.07, 6.45) is 0. The Morgan fingerprint density at radius 1 is 1.00 bits per heavy atom. The predicted molar refractivity (Wildman–Crippen MR) is 75.6 cm³/mol. The second kappa shape index (κ2) is 5.76. The van der Waals surface area contributed by atoms with E-state index in [0.717, 1.165) is 16.6 Å². The molecule has 0 aliphatic heterocycles. The van der Waals surface area contributed by atoms with Crippen LogP contribution in [0.1, 0.15) is 5.56 Å². The van der Waals surface area contributed by atoms with Crippen LogP contribution in [-0.2, 0) is 5.33 Å². The van der Waals surface area contributed by atoms with E-state index in [1.165, 1.54) is 0 Å². The summed E-state index contributed by atoms with van der Waals surface area (Å²) in [6.45, 7) is 0. The van der Waals surface area contributed by atoms with Gasteiger partial charge in [0.2, 0.25) is 0 Å². The van der Waals surface area contributed by atoms with E-state index in [2.05, 4.69) is 15.9 Å². The van der Waals surface area contributed by atoms with Crippen LogP contribution in [0.3, 0.4) is 0 Å². The third-order valence-corrected chi connectivity index (χ3v) is 3.58. The largest absolute Gasteiger partial charge is 0.457 e. The molecule has 1 nitrogen and oxygen atoms in total. The summed E-state index contributed by atoms with van der Waals surface area (Å²) >= 11 is 15.2. The average Bonchev–Trinajstić information content (AvgIpc) is 2.34. The number of hydrogen-bond acceptors (Lipinski definition) is 1. The van der Waals surface area contributed by atoms with Gasteiger partial charge in [0.05, 0.1) is 10.0 Å². The standard InChI is InChI=1S/C13H9BrCl2O/c14-8-9-3-1-2-4-13(9)17-10-5-6-11(15)12(16)7-10/h1-7H,8H2. The van der Waals surface area contributed by atoms with Gasteiger partial charge in [-0.05, 0) is 18.2 Å². The predicted octanol–water partition coefficient (Wildman–Crippen LogP) is 5.68. The van der Waals surface area contributed by atoms with Crippen LogP contribution in [0.5, 0.6) is 11.5 Å². The van der Waals surface area contributed by atoms with Gasteiger partial charge >= 0.3 is 0 Å². The van der Waals surface area contributed by atoms with Crippen molar-refractivity contribution in [2.45, 2.75) is 5.33 Å². The maximum Gasteiger partial charge on any atom is 0.131 e. The van der Waals surface area contributed by atoms with Crippen molar-refractivity contribution >= 4 is 39.1 Å². The van der Waals surface area contributed by atoms with Crippen LogP contribution >= 0.6 is 39.1 Å². The molecule has 0 atom stereocenters. The van der Waals surface area contributed by atoms with Crippen molar-refractivity contribution in [3.05, 3.63) is 58.1 Å². The quantitative estimate of drug-likeness (QED) is 0.657. The van der Waals surface area contributed by atoms with Crippen LogP contribution in [0.2, 0.25) is 10.0 Å². The molecule has 17 heavy (non-hydrogen) atoms. The van der Waals surface area contributed by atoms with Crippen LogP contribution in [-0.4, -0.2) is 0 Å². The highest BCUT2D eigenvalue weighted by molar-refractivity contribution is 9.08. The summed E-state index contributed by atoms with van der Waals surface area (Å²) in [4.78, 5) is 0. The summed E-state index contributed by atoms with van der Waals surface area (Å²) < 4.78 is 5.76. The summed E-state index contributed by atoms with van der Waals surface area (Å²) in [6, 6.07) is 13.0. The zero-order valence-electron chi connectivity index (χ0n) is 8.79. The first-order valence-corrected chi connectivity index (χ1v) is 6.85. The number of alkyl halides is 1. The van der Waals surface area contributed by atoms with E-state index in [4.69, 9.17) is 27.9 Å². The lowest BCUT2D eigenvalue weighted by molar-refractivity contribution is 0.478. The van der Waals surface area contributed by atoms with E-state index in [0.29, 0.717) is 15.8 Å². The van der Waals surface area contributed by atoms with Crippen LogP contribution in [0, 0.1) is 0 Å². The fraction of sp³-hybridized carbons (Fsp3) is 0.0769. The van der Waals surface area contributed by atoms with Crippen LogP contribution < -0.4 is 4.74 Å². The number of ether oxygens (including phenoxy) is 1. The molecule has 0 bridgehead atoms. The molecule has 0 spiro atoms. The highest BCUT2D eigenvalue weighted by atomic mass is 79.9. The molecule has 0 aromatic heterocycles.